The monoisotopic (exact) mass is 118 g/mol. The summed E-state index contributed by atoms with van der Waals surface area (Å²) in [5.41, 5.74) is 6.84. The van der Waals surface area contributed by atoms with Crippen LogP contribution in [-0.4, -0.2) is 18.0 Å². The summed E-state index contributed by atoms with van der Waals surface area (Å²) < 4.78 is 0. The van der Waals surface area contributed by atoms with Gasteiger partial charge in [-0.1, -0.05) is 6.92 Å². The smallest absolute Gasteiger partial charge is 0.0865 e. The summed E-state index contributed by atoms with van der Waals surface area (Å²) in [5, 5.41) is 0. The fraction of sp³-hybridized carbons (Fsp3) is 0.750. The first-order valence-electron chi connectivity index (χ1n) is 2.21. The van der Waals surface area contributed by atoms with Crippen molar-refractivity contribution < 1.29 is 0 Å². The topological polar surface area (TPSA) is 38.4 Å². The van der Waals surface area contributed by atoms with Crippen molar-refractivity contribution in [3.63, 3.8) is 0 Å². The van der Waals surface area contributed by atoms with Gasteiger partial charge in [0.2, 0.25) is 0 Å². The lowest BCUT2D eigenvalue weighted by atomic mass is 11.0. The Labute approximate surface area is 48.2 Å². The number of nitrogens with zero attached hydrogens (tertiary/aromatic N) is 1. The highest BCUT2D eigenvalue weighted by Gasteiger charge is 1.68. The molecule has 0 aliphatic carbocycles. The van der Waals surface area contributed by atoms with Crippen LogP contribution in [0, 0.1) is 0 Å². The predicted octanol–water partition coefficient (Wildman–Crippen LogP) is 0.684. The molecule has 0 heterocycles. The molecule has 0 unspecified atom stereocenters. The van der Waals surface area contributed by atoms with Crippen molar-refractivity contribution in [3.05, 3.63) is 0 Å². The SMILES string of the molecule is CCSC=NCN. The van der Waals surface area contributed by atoms with Crippen LogP contribution in [0.25, 0.3) is 0 Å². The van der Waals surface area contributed by atoms with E-state index in [0.29, 0.717) is 6.67 Å². The molecule has 0 aliphatic heterocycles. The summed E-state index contributed by atoms with van der Waals surface area (Å²) in [4.78, 5) is 3.78. The molecule has 2 N–H and O–H groups in total. The molecule has 0 saturated heterocycles. The first kappa shape index (κ1) is 6.98. The lowest BCUT2D eigenvalue weighted by Gasteiger charge is -1.80. The molecule has 3 heteroatoms. The van der Waals surface area contributed by atoms with Crippen LogP contribution in [0.4, 0.5) is 0 Å². The first-order chi connectivity index (χ1) is 3.41. The zero-order chi connectivity index (χ0) is 5.54. The van der Waals surface area contributed by atoms with Crippen LogP contribution in [0.1, 0.15) is 6.92 Å². The summed E-state index contributed by atoms with van der Waals surface area (Å²) in [5.74, 6) is 1.07. The highest BCUT2D eigenvalue weighted by molar-refractivity contribution is 8.12. The van der Waals surface area contributed by atoms with Crippen LogP contribution in [0.5, 0.6) is 0 Å². The molecule has 0 aliphatic rings. The Morgan fingerprint density at radius 2 is 2.57 bits per heavy atom. The Morgan fingerprint density at radius 1 is 1.86 bits per heavy atom. The maximum absolute atomic E-state index is 5.06. The van der Waals surface area contributed by atoms with Crippen LogP contribution in [0.2, 0.25) is 0 Å². The highest BCUT2D eigenvalue weighted by atomic mass is 32.2. The molecule has 0 fully saturated rings. The van der Waals surface area contributed by atoms with E-state index in [1.165, 1.54) is 0 Å². The van der Waals surface area contributed by atoms with Gasteiger partial charge in [-0.05, 0) is 5.75 Å². The Balaban J connectivity index is 2.78. The molecule has 0 aromatic rings. The van der Waals surface area contributed by atoms with E-state index < -0.39 is 0 Å². The number of aliphatic imine (C=N–C) groups is 1. The Hall–Kier alpha value is -0.0200. The van der Waals surface area contributed by atoms with Crippen molar-refractivity contribution >= 4 is 17.3 Å². The molecule has 2 nitrogen and oxygen atoms in total. The van der Waals surface area contributed by atoms with E-state index in [2.05, 4.69) is 11.9 Å². The van der Waals surface area contributed by atoms with Crippen molar-refractivity contribution in [1.29, 1.82) is 0 Å². The molecule has 0 spiro atoms. The van der Waals surface area contributed by atoms with E-state index in [1.54, 1.807) is 17.3 Å². The summed E-state index contributed by atoms with van der Waals surface area (Å²) in [7, 11) is 0. The van der Waals surface area contributed by atoms with Crippen LogP contribution in [0.3, 0.4) is 0 Å². The van der Waals surface area contributed by atoms with Gasteiger partial charge in [-0.3, -0.25) is 4.99 Å². The van der Waals surface area contributed by atoms with Gasteiger partial charge in [0, 0.05) is 0 Å². The van der Waals surface area contributed by atoms with Crippen LogP contribution in [0.15, 0.2) is 4.99 Å². The van der Waals surface area contributed by atoms with E-state index in [1.807, 2.05) is 0 Å². The molecule has 0 rings (SSSR count). The van der Waals surface area contributed by atoms with Gasteiger partial charge in [-0.15, -0.1) is 11.8 Å². The lowest BCUT2D eigenvalue weighted by Crippen LogP contribution is -1.92. The normalized spacial score (nSPS) is 10.6. The van der Waals surface area contributed by atoms with Gasteiger partial charge < -0.3 is 5.73 Å². The van der Waals surface area contributed by atoms with Crippen molar-refractivity contribution in [2.45, 2.75) is 6.92 Å². The number of rotatable bonds is 3. The van der Waals surface area contributed by atoms with E-state index >= 15 is 0 Å². The van der Waals surface area contributed by atoms with E-state index in [4.69, 9.17) is 5.73 Å². The quantitative estimate of drug-likeness (QED) is 0.437. The average molecular weight is 118 g/mol. The zero-order valence-electron chi connectivity index (χ0n) is 4.42. The molecule has 0 aromatic carbocycles. The highest BCUT2D eigenvalue weighted by Crippen LogP contribution is 1.89. The van der Waals surface area contributed by atoms with Gasteiger partial charge in [0.15, 0.2) is 0 Å². The number of thioether (sulfide) groups is 1. The molecule has 42 valence electrons. The van der Waals surface area contributed by atoms with Gasteiger partial charge in [0.05, 0.1) is 12.2 Å². The van der Waals surface area contributed by atoms with E-state index in [9.17, 15) is 0 Å². The molecule has 0 aromatic heterocycles. The largest absolute Gasteiger partial charge is 0.312 e. The molecular formula is C4H10N2S. The second-order valence-corrected chi connectivity index (χ2v) is 2.05. The Kier molecular flexibility index (Phi) is 5.96. The fourth-order valence-corrected chi connectivity index (χ4v) is 0.511. The maximum atomic E-state index is 5.06. The van der Waals surface area contributed by atoms with Crippen molar-refractivity contribution in [2.24, 2.45) is 10.7 Å². The standard InChI is InChI=1S/C4H10N2S/c1-2-7-4-6-3-5/h4H,2-3,5H2,1H3. The summed E-state index contributed by atoms with van der Waals surface area (Å²) in [6, 6.07) is 0. The van der Waals surface area contributed by atoms with Crippen LogP contribution in [-0.2, 0) is 0 Å². The lowest BCUT2D eigenvalue weighted by molar-refractivity contribution is 1.08. The fourth-order valence-electron chi connectivity index (χ4n) is 0.170. The van der Waals surface area contributed by atoms with Gasteiger partial charge in [0.25, 0.3) is 0 Å². The number of nitrogens with two attached hydrogens (primary N) is 1. The molecule has 0 radical (unpaired) electrons. The zero-order valence-corrected chi connectivity index (χ0v) is 5.24. The minimum atomic E-state index is 0.410. The van der Waals surface area contributed by atoms with Gasteiger partial charge in [-0.2, -0.15) is 0 Å². The van der Waals surface area contributed by atoms with Gasteiger partial charge in [-0.25, -0.2) is 0 Å². The minimum absolute atomic E-state index is 0.410. The predicted molar refractivity (Wildman–Crippen MR) is 35.7 cm³/mol. The molecule has 0 amide bonds. The first-order valence-corrected chi connectivity index (χ1v) is 3.26. The molecule has 0 bridgehead atoms. The van der Waals surface area contributed by atoms with Crippen LogP contribution < -0.4 is 5.73 Å². The molecule has 7 heavy (non-hydrogen) atoms. The maximum Gasteiger partial charge on any atom is 0.0865 e. The van der Waals surface area contributed by atoms with Crippen molar-refractivity contribution in [2.75, 3.05) is 12.4 Å². The van der Waals surface area contributed by atoms with Gasteiger partial charge in [0.1, 0.15) is 0 Å². The summed E-state index contributed by atoms with van der Waals surface area (Å²) in [6.07, 6.45) is 0. The third kappa shape index (κ3) is 5.98. The van der Waals surface area contributed by atoms with E-state index in [0.717, 1.165) is 5.75 Å². The molecule has 0 saturated carbocycles. The molecule has 0 atom stereocenters. The number of hydrogen-bond acceptors (Lipinski definition) is 3. The second kappa shape index (κ2) is 5.98. The third-order valence-electron chi connectivity index (χ3n) is 0.421. The van der Waals surface area contributed by atoms with Crippen molar-refractivity contribution in [3.8, 4) is 0 Å². The van der Waals surface area contributed by atoms with E-state index in [-0.39, 0.29) is 0 Å². The Bertz CT molecular complexity index is 53.7. The van der Waals surface area contributed by atoms with Gasteiger partial charge >= 0.3 is 0 Å². The average Bonchev–Trinajstić information content (AvgIpc) is 1.69. The number of hydrogen-bond donors (Lipinski definition) is 1. The third-order valence-corrected chi connectivity index (χ3v) is 1.05. The summed E-state index contributed by atoms with van der Waals surface area (Å²) >= 11 is 1.66. The van der Waals surface area contributed by atoms with Crippen molar-refractivity contribution in [1.82, 2.24) is 0 Å². The Morgan fingerprint density at radius 3 is 3.00 bits per heavy atom. The molecular weight excluding hydrogens is 108 g/mol. The minimum Gasteiger partial charge on any atom is -0.312 e. The summed E-state index contributed by atoms with van der Waals surface area (Å²) in [6.45, 7) is 2.49. The van der Waals surface area contributed by atoms with Crippen LogP contribution >= 0.6 is 11.8 Å². The second-order valence-electron chi connectivity index (χ2n) is 0.926.